The molecule has 0 amide bonds. The summed E-state index contributed by atoms with van der Waals surface area (Å²) in [4.78, 5) is 0. The number of rotatable bonds is 6. The number of benzene rings is 1. The molecule has 3 atom stereocenters. The predicted octanol–water partition coefficient (Wildman–Crippen LogP) is 3.25. The van der Waals surface area contributed by atoms with Crippen molar-refractivity contribution >= 4 is 0 Å². The van der Waals surface area contributed by atoms with Gasteiger partial charge in [0, 0.05) is 18.6 Å². The molecule has 0 aromatic heterocycles. The lowest BCUT2D eigenvalue weighted by Crippen LogP contribution is -2.35. The smallest absolute Gasteiger partial charge is 0.119 e. The van der Waals surface area contributed by atoms with E-state index in [-0.39, 0.29) is 12.1 Å². The second-order valence-corrected chi connectivity index (χ2v) is 6.31. The number of hydrogen-bond acceptors (Lipinski definition) is 3. The van der Waals surface area contributed by atoms with Crippen molar-refractivity contribution in [2.45, 2.75) is 58.2 Å². The van der Waals surface area contributed by atoms with Crippen LogP contribution in [-0.4, -0.2) is 18.7 Å². The van der Waals surface area contributed by atoms with Crippen LogP contribution in [0.5, 0.6) is 5.75 Å². The van der Waals surface area contributed by atoms with E-state index < -0.39 is 0 Å². The van der Waals surface area contributed by atoms with Gasteiger partial charge in [-0.3, -0.25) is 0 Å². The van der Waals surface area contributed by atoms with Crippen LogP contribution in [0.25, 0.3) is 0 Å². The summed E-state index contributed by atoms with van der Waals surface area (Å²) >= 11 is 0. The largest absolute Gasteiger partial charge is 0.491 e. The zero-order valence-corrected chi connectivity index (χ0v) is 12.9. The van der Waals surface area contributed by atoms with Crippen molar-refractivity contribution in [1.29, 1.82) is 0 Å². The molecule has 1 aliphatic rings. The zero-order valence-electron chi connectivity index (χ0n) is 12.9. The van der Waals surface area contributed by atoms with Crippen molar-refractivity contribution in [3.05, 3.63) is 29.8 Å². The first-order valence-electron chi connectivity index (χ1n) is 7.81. The molecule has 1 fully saturated rings. The first-order chi connectivity index (χ1) is 9.58. The molecule has 1 aliphatic carbocycles. The molecule has 2 rings (SSSR count). The van der Waals surface area contributed by atoms with Crippen LogP contribution in [0, 0.1) is 5.92 Å². The number of hydrogen-bond donors (Lipinski definition) is 2. The Balaban J connectivity index is 1.96. The summed E-state index contributed by atoms with van der Waals surface area (Å²) in [6.07, 6.45) is 4.08. The van der Waals surface area contributed by atoms with Gasteiger partial charge >= 0.3 is 0 Å². The van der Waals surface area contributed by atoms with Crippen LogP contribution in [0.3, 0.4) is 0 Å². The van der Waals surface area contributed by atoms with E-state index in [4.69, 9.17) is 10.5 Å². The summed E-state index contributed by atoms with van der Waals surface area (Å²) in [5.41, 5.74) is 7.20. The van der Waals surface area contributed by atoms with E-state index in [9.17, 15) is 0 Å². The third kappa shape index (κ3) is 4.22. The molecule has 0 heterocycles. The average Bonchev–Trinajstić information content (AvgIpc) is 2.82. The molecule has 1 saturated carbocycles. The highest BCUT2D eigenvalue weighted by atomic mass is 16.5. The van der Waals surface area contributed by atoms with E-state index >= 15 is 0 Å². The number of nitrogens with two attached hydrogens (primary N) is 1. The van der Waals surface area contributed by atoms with Crippen LogP contribution in [0.4, 0.5) is 0 Å². The Labute approximate surface area is 122 Å². The van der Waals surface area contributed by atoms with Gasteiger partial charge in [0.25, 0.3) is 0 Å². The summed E-state index contributed by atoms with van der Waals surface area (Å²) in [5, 5.41) is 3.71. The minimum atomic E-state index is 0.212. The molecule has 0 radical (unpaired) electrons. The summed E-state index contributed by atoms with van der Waals surface area (Å²) in [7, 11) is 0. The maximum atomic E-state index is 5.94. The molecule has 3 nitrogen and oxygen atoms in total. The van der Waals surface area contributed by atoms with E-state index in [0.29, 0.717) is 12.6 Å². The quantitative estimate of drug-likeness (QED) is 0.838. The van der Waals surface area contributed by atoms with Gasteiger partial charge in [0.15, 0.2) is 0 Å². The van der Waals surface area contributed by atoms with E-state index in [1.165, 1.54) is 24.8 Å². The fourth-order valence-corrected chi connectivity index (χ4v) is 2.99. The van der Waals surface area contributed by atoms with Crippen LogP contribution in [0.1, 0.15) is 51.6 Å². The fourth-order valence-electron chi connectivity index (χ4n) is 2.99. The molecule has 20 heavy (non-hydrogen) atoms. The Kier molecular flexibility index (Phi) is 5.44. The monoisotopic (exact) mass is 276 g/mol. The Morgan fingerprint density at radius 3 is 2.45 bits per heavy atom. The van der Waals surface area contributed by atoms with Crippen LogP contribution in [-0.2, 0) is 0 Å². The van der Waals surface area contributed by atoms with Crippen molar-refractivity contribution in [3.63, 3.8) is 0 Å². The van der Waals surface area contributed by atoms with Crippen molar-refractivity contribution in [3.8, 4) is 5.75 Å². The lowest BCUT2D eigenvalue weighted by atomic mass is 10.0. The second kappa shape index (κ2) is 7.09. The molecule has 0 saturated heterocycles. The minimum absolute atomic E-state index is 0.212. The van der Waals surface area contributed by atoms with Crippen LogP contribution < -0.4 is 15.8 Å². The van der Waals surface area contributed by atoms with Gasteiger partial charge in [-0.2, -0.15) is 0 Å². The Bertz CT molecular complexity index is 402. The highest BCUT2D eigenvalue weighted by Crippen LogP contribution is 2.27. The SMILES string of the molecule is CC1CCC(NC(CN)c2ccc(OC(C)C)cc2)C1. The molecular formula is C17H28N2O. The van der Waals surface area contributed by atoms with Gasteiger partial charge in [-0.25, -0.2) is 0 Å². The predicted molar refractivity (Wildman–Crippen MR) is 83.9 cm³/mol. The highest BCUT2D eigenvalue weighted by molar-refractivity contribution is 5.29. The summed E-state index contributed by atoms with van der Waals surface area (Å²) in [6, 6.07) is 9.19. The standard InChI is InChI=1S/C17H28N2O/c1-12(2)20-16-8-5-14(6-9-16)17(11-18)19-15-7-4-13(3)10-15/h5-6,8-9,12-13,15,17,19H,4,7,10-11,18H2,1-3H3. The Hall–Kier alpha value is -1.06. The lowest BCUT2D eigenvalue weighted by molar-refractivity contribution is 0.242. The maximum absolute atomic E-state index is 5.94. The Morgan fingerprint density at radius 2 is 1.95 bits per heavy atom. The number of nitrogens with one attached hydrogen (secondary N) is 1. The third-order valence-corrected chi connectivity index (χ3v) is 4.02. The molecule has 3 unspecified atom stereocenters. The van der Waals surface area contributed by atoms with Gasteiger partial charge in [-0.05, 0) is 56.7 Å². The molecule has 112 valence electrons. The first-order valence-corrected chi connectivity index (χ1v) is 7.81. The topological polar surface area (TPSA) is 47.3 Å². The van der Waals surface area contributed by atoms with Crippen molar-refractivity contribution in [1.82, 2.24) is 5.32 Å². The minimum Gasteiger partial charge on any atom is -0.491 e. The third-order valence-electron chi connectivity index (χ3n) is 4.02. The van der Waals surface area contributed by atoms with Gasteiger partial charge in [0.05, 0.1) is 6.10 Å². The summed E-state index contributed by atoms with van der Waals surface area (Å²) in [5.74, 6) is 1.77. The highest BCUT2D eigenvalue weighted by Gasteiger charge is 2.23. The van der Waals surface area contributed by atoms with Gasteiger partial charge < -0.3 is 15.8 Å². The fraction of sp³-hybridized carbons (Fsp3) is 0.647. The van der Waals surface area contributed by atoms with Crippen molar-refractivity contribution < 1.29 is 4.74 Å². The van der Waals surface area contributed by atoms with E-state index in [1.54, 1.807) is 0 Å². The second-order valence-electron chi connectivity index (χ2n) is 6.31. The molecule has 3 heteroatoms. The first kappa shape index (κ1) is 15.3. The molecule has 3 N–H and O–H groups in total. The van der Waals surface area contributed by atoms with Gasteiger partial charge in [0.1, 0.15) is 5.75 Å². The Morgan fingerprint density at radius 1 is 1.25 bits per heavy atom. The summed E-state index contributed by atoms with van der Waals surface area (Å²) in [6.45, 7) is 7.05. The van der Waals surface area contributed by atoms with Crippen LogP contribution >= 0.6 is 0 Å². The van der Waals surface area contributed by atoms with Crippen molar-refractivity contribution in [2.24, 2.45) is 11.7 Å². The van der Waals surface area contributed by atoms with E-state index in [1.807, 2.05) is 26.0 Å². The molecule has 1 aromatic carbocycles. The van der Waals surface area contributed by atoms with Crippen LogP contribution in [0.15, 0.2) is 24.3 Å². The zero-order chi connectivity index (χ0) is 14.5. The van der Waals surface area contributed by atoms with E-state index in [0.717, 1.165) is 11.7 Å². The van der Waals surface area contributed by atoms with Crippen molar-refractivity contribution in [2.75, 3.05) is 6.54 Å². The normalized spacial score (nSPS) is 24.1. The van der Waals surface area contributed by atoms with E-state index in [2.05, 4.69) is 24.4 Å². The molecular weight excluding hydrogens is 248 g/mol. The number of ether oxygens (including phenoxy) is 1. The summed E-state index contributed by atoms with van der Waals surface area (Å²) < 4.78 is 5.68. The maximum Gasteiger partial charge on any atom is 0.119 e. The molecule has 0 aliphatic heterocycles. The average molecular weight is 276 g/mol. The lowest BCUT2D eigenvalue weighted by Gasteiger charge is -2.22. The molecule has 0 spiro atoms. The molecule has 0 bridgehead atoms. The molecule has 1 aromatic rings. The van der Waals surface area contributed by atoms with Crippen LogP contribution in [0.2, 0.25) is 0 Å². The van der Waals surface area contributed by atoms with Gasteiger partial charge in [-0.1, -0.05) is 19.1 Å². The van der Waals surface area contributed by atoms with Gasteiger partial charge in [-0.15, -0.1) is 0 Å². The van der Waals surface area contributed by atoms with Gasteiger partial charge in [0.2, 0.25) is 0 Å².